The Kier molecular flexibility index (Phi) is 9.56. The minimum atomic E-state index is -0.00956. The first-order valence-corrected chi connectivity index (χ1v) is 14.9. The summed E-state index contributed by atoms with van der Waals surface area (Å²) in [5.74, 6) is 2.22. The highest BCUT2D eigenvalue weighted by molar-refractivity contribution is 7.99. The van der Waals surface area contributed by atoms with Crippen molar-refractivity contribution >= 4 is 23.6 Å². The first-order chi connectivity index (χ1) is 19.1. The van der Waals surface area contributed by atoms with Crippen LogP contribution >= 0.6 is 11.8 Å². The van der Waals surface area contributed by atoms with Crippen LogP contribution in [-0.2, 0) is 9.59 Å². The highest BCUT2D eigenvalue weighted by Gasteiger charge is 2.31. The molecule has 9 heteroatoms. The Morgan fingerprint density at radius 3 is 2.48 bits per heavy atom. The Morgan fingerprint density at radius 1 is 1.05 bits per heavy atom. The molecule has 4 rings (SSSR count). The molecule has 2 amide bonds. The van der Waals surface area contributed by atoms with Crippen LogP contribution in [0, 0.1) is 11.3 Å². The number of hydrogen-bond donors (Lipinski definition) is 0. The summed E-state index contributed by atoms with van der Waals surface area (Å²) < 4.78 is 7.38. The van der Waals surface area contributed by atoms with Crippen LogP contribution in [0.1, 0.15) is 47.5 Å². The van der Waals surface area contributed by atoms with Crippen LogP contribution in [0.2, 0.25) is 0 Å². The lowest BCUT2D eigenvalue weighted by atomic mass is 9.84. The molecule has 8 nitrogen and oxygen atoms in total. The van der Waals surface area contributed by atoms with E-state index in [0.717, 1.165) is 23.4 Å². The fourth-order valence-electron chi connectivity index (χ4n) is 5.43. The average Bonchev–Trinajstić information content (AvgIpc) is 3.35. The van der Waals surface area contributed by atoms with Crippen LogP contribution in [0.3, 0.4) is 0 Å². The van der Waals surface area contributed by atoms with Crippen molar-refractivity contribution in [3.8, 4) is 22.8 Å². The van der Waals surface area contributed by atoms with Crippen LogP contribution in [0.25, 0.3) is 17.1 Å². The summed E-state index contributed by atoms with van der Waals surface area (Å²) in [5.41, 5.74) is 2.00. The van der Waals surface area contributed by atoms with Crippen molar-refractivity contribution in [3.05, 3.63) is 54.6 Å². The molecule has 0 N–H and O–H groups in total. The first kappa shape index (κ1) is 29.6. The Labute approximate surface area is 242 Å². The number of rotatable bonds is 9. The van der Waals surface area contributed by atoms with Crippen molar-refractivity contribution in [2.24, 2.45) is 11.3 Å². The Balaban J connectivity index is 1.41. The SMILES string of the molecule is COc1cccc(-c2nnc(SCC(=O)N3CCN(C(=O)CC(C)CC(C)(C)C)C(C)C3)n2-c2ccccc2)c1. The molecule has 40 heavy (non-hydrogen) atoms. The third-order valence-corrected chi connectivity index (χ3v) is 8.00. The molecule has 214 valence electrons. The summed E-state index contributed by atoms with van der Waals surface area (Å²) in [6.07, 6.45) is 1.56. The molecule has 1 aliphatic heterocycles. The number of ether oxygens (including phenoxy) is 1. The number of piperazine rings is 1. The van der Waals surface area contributed by atoms with Crippen molar-refractivity contribution < 1.29 is 14.3 Å². The highest BCUT2D eigenvalue weighted by Crippen LogP contribution is 2.30. The zero-order valence-electron chi connectivity index (χ0n) is 24.5. The van der Waals surface area contributed by atoms with Gasteiger partial charge in [0, 0.05) is 43.3 Å². The molecule has 1 aliphatic rings. The topological polar surface area (TPSA) is 80.6 Å². The van der Waals surface area contributed by atoms with E-state index in [9.17, 15) is 9.59 Å². The van der Waals surface area contributed by atoms with Crippen LogP contribution in [0.4, 0.5) is 0 Å². The molecule has 0 aliphatic carbocycles. The Bertz CT molecular complexity index is 1300. The number of aromatic nitrogens is 3. The molecule has 1 fully saturated rings. The molecule has 0 radical (unpaired) electrons. The number of methoxy groups -OCH3 is 1. The van der Waals surface area contributed by atoms with Gasteiger partial charge in [0.1, 0.15) is 5.75 Å². The number of thioether (sulfide) groups is 1. The summed E-state index contributed by atoms with van der Waals surface area (Å²) in [6, 6.07) is 17.6. The predicted molar refractivity (Wildman–Crippen MR) is 160 cm³/mol. The van der Waals surface area contributed by atoms with Gasteiger partial charge in [-0.25, -0.2) is 0 Å². The highest BCUT2D eigenvalue weighted by atomic mass is 32.2. The molecule has 2 heterocycles. The van der Waals surface area contributed by atoms with E-state index < -0.39 is 0 Å². The summed E-state index contributed by atoms with van der Waals surface area (Å²) >= 11 is 1.38. The van der Waals surface area contributed by atoms with Crippen molar-refractivity contribution in [3.63, 3.8) is 0 Å². The molecule has 1 saturated heterocycles. The van der Waals surface area contributed by atoms with Crippen LogP contribution in [0.5, 0.6) is 5.75 Å². The summed E-state index contributed by atoms with van der Waals surface area (Å²) in [7, 11) is 1.64. The molecule has 2 unspecified atom stereocenters. The van der Waals surface area contributed by atoms with E-state index in [1.165, 1.54) is 11.8 Å². The van der Waals surface area contributed by atoms with E-state index in [0.29, 0.717) is 43.0 Å². The van der Waals surface area contributed by atoms with Crippen LogP contribution in [0.15, 0.2) is 59.8 Å². The zero-order valence-corrected chi connectivity index (χ0v) is 25.3. The fraction of sp³-hybridized carbons (Fsp3) is 0.484. The van der Waals surface area contributed by atoms with Crippen molar-refractivity contribution in [1.29, 1.82) is 0 Å². The van der Waals surface area contributed by atoms with E-state index in [1.54, 1.807) is 7.11 Å². The fourth-order valence-corrected chi connectivity index (χ4v) is 6.28. The van der Waals surface area contributed by atoms with Crippen LogP contribution in [-0.4, -0.2) is 74.9 Å². The van der Waals surface area contributed by atoms with Gasteiger partial charge < -0.3 is 14.5 Å². The lowest BCUT2D eigenvalue weighted by molar-refractivity contribution is -0.142. The quantitative estimate of drug-likeness (QED) is 0.317. The lowest BCUT2D eigenvalue weighted by Crippen LogP contribution is -2.56. The van der Waals surface area contributed by atoms with Gasteiger partial charge in [-0.05, 0) is 48.9 Å². The molecule has 2 atom stereocenters. The minimum absolute atomic E-state index is 0.00956. The molecular formula is C31H41N5O3S. The maximum atomic E-state index is 13.3. The number of hydrogen-bond acceptors (Lipinski definition) is 6. The van der Waals surface area contributed by atoms with Crippen molar-refractivity contribution in [2.45, 2.75) is 58.7 Å². The van der Waals surface area contributed by atoms with Crippen molar-refractivity contribution in [2.75, 3.05) is 32.5 Å². The summed E-state index contributed by atoms with van der Waals surface area (Å²) in [5, 5.41) is 9.58. The van der Waals surface area contributed by atoms with Gasteiger partial charge in [-0.3, -0.25) is 14.2 Å². The monoisotopic (exact) mass is 563 g/mol. The van der Waals surface area contributed by atoms with Gasteiger partial charge in [-0.1, -0.05) is 69.8 Å². The second-order valence-electron chi connectivity index (χ2n) is 11.8. The van der Waals surface area contributed by atoms with Gasteiger partial charge in [0.25, 0.3) is 0 Å². The largest absolute Gasteiger partial charge is 0.497 e. The second-order valence-corrected chi connectivity index (χ2v) is 12.8. The summed E-state index contributed by atoms with van der Waals surface area (Å²) in [6.45, 7) is 12.5. The number of carbonyl (C=O) groups excluding carboxylic acids is 2. The summed E-state index contributed by atoms with van der Waals surface area (Å²) in [4.78, 5) is 30.1. The van der Waals surface area contributed by atoms with E-state index in [1.807, 2.05) is 75.9 Å². The normalized spacial score (nSPS) is 16.6. The molecule has 0 saturated carbocycles. The number of amides is 2. The minimum Gasteiger partial charge on any atom is -0.497 e. The number of para-hydroxylation sites is 1. The van der Waals surface area contributed by atoms with Gasteiger partial charge in [-0.15, -0.1) is 10.2 Å². The molecule has 1 aromatic heterocycles. The van der Waals surface area contributed by atoms with Gasteiger partial charge in [-0.2, -0.15) is 0 Å². The molecule has 0 spiro atoms. The van der Waals surface area contributed by atoms with Crippen LogP contribution < -0.4 is 4.74 Å². The van der Waals surface area contributed by atoms with E-state index in [4.69, 9.17) is 4.74 Å². The zero-order chi connectivity index (χ0) is 28.9. The Morgan fingerprint density at radius 2 is 1.80 bits per heavy atom. The molecule has 3 aromatic rings. The van der Waals surface area contributed by atoms with E-state index in [-0.39, 0.29) is 29.0 Å². The molecule has 0 bridgehead atoms. The maximum absolute atomic E-state index is 13.3. The predicted octanol–water partition coefficient (Wildman–Crippen LogP) is 5.56. The third-order valence-electron chi connectivity index (χ3n) is 7.08. The number of carbonyl (C=O) groups is 2. The lowest BCUT2D eigenvalue weighted by Gasteiger charge is -2.40. The maximum Gasteiger partial charge on any atom is 0.233 e. The van der Waals surface area contributed by atoms with E-state index in [2.05, 4.69) is 37.9 Å². The molecular weight excluding hydrogens is 522 g/mol. The van der Waals surface area contributed by atoms with Gasteiger partial charge in [0.05, 0.1) is 12.9 Å². The van der Waals surface area contributed by atoms with Gasteiger partial charge in [0.15, 0.2) is 11.0 Å². The molecule has 2 aromatic carbocycles. The average molecular weight is 564 g/mol. The number of nitrogens with zero attached hydrogens (tertiary/aromatic N) is 5. The second kappa shape index (κ2) is 12.9. The van der Waals surface area contributed by atoms with Crippen molar-refractivity contribution in [1.82, 2.24) is 24.6 Å². The first-order valence-electron chi connectivity index (χ1n) is 13.9. The smallest absolute Gasteiger partial charge is 0.233 e. The Hall–Kier alpha value is -3.33. The number of benzene rings is 2. The van der Waals surface area contributed by atoms with Gasteiger partial charge in [0.2, 0.25) is 11.8 Å². The van der Waals surface area contributed by atoms with E-state index >= 15 is 0 Å². The standard InChI is InChI=1S/C31H41N5O3S/c1-22(19-31(3,4)5)17-27(37)35-16-15-34(20-23(35)2)28(38)21-40-30-33-32-29(24-11-10-14-26(18-24)39-6)36(30)25-12-8-7-9-13-25/h7-14,18,22-23H,15-17,19-21H2,1-6H3. The van der Waals surface area contributed by atoms with Gasteiger partial charge >= 0.3 is 0 Å². The third kappa shape index (κ3) is 7.44.